The molecule has 1 N–H and O–H groups in total. The van der Waals surface area contributed by atoms with E-state index in [0.29, 0.717) is 5.92 Å². The highest BCUT2D eigenvalue weighted by Crippen LogP contribution is 2.19. The van der Waals surface area contributed by atoms with Crippen molar-refractivity contribution in [1.29, 1.82) is 0 Å². The Hall–Kier alpha value is -0.380. The average Bonchev–Trinajstić information content (AvgIpc) is 2.22. The third-order valence-electron chi connectivity index (χ3n) is 2.36. The molecule has 0 radical (unpaired) electrons. The van der Waals surface area contributed by atoms with E-state index in [1.807, 2.05) is 13.1 Å². The Morgan fingerprint density at radius 3 is 2.73 bits per heavy atom. The first kappa shape index (κ1) is 12.7. The molecule has 0 amide bonds. The molecule has 0 heterocycles. The summed E-state index contributed by atoms with van der Waals surface area (Å²) in [7, 11) is 3.73. The van der Waals surface area contributed by atoms with Crippen LogP contribution in [0, 0.1) is 5.92 Å². The summed E-state index contributed by atoms with van der Waals surface area (Å²) < 4.78 is 6.40. The molecule has 0 aliphatic rings. The lowest BCUT2D eigenvalue weighted by atomic mass is 10.00. The van der Waals surface area contributed by atoms with Crippen LogP contribution >= 0.6 is 15.9 Å². The predicted octanol–water partition coefficient (Wildman–Crippen LogP) is 2.47. The van der Waals surface area contributed by atoms with Crippen molar-refractivity contribution >= 4 is 15.9 Å². The molecular weight excluding hydrogens is 254 g/mol. The molecule has 1 atom stereocenters. The third-order valence-corrected chi connectivity index (χ3v) is 3.14. The topological polar surface area (TPSA) is 21.3 Å². The third kappa shape index (κ3) is 4.33. The van der Waals surface area contributed by atoms with E-state index in [-0.39, 0.29) is 0 Å². The molecule has 0 aromatic heterocycles. The zero-order valence-electron chi connectivity index (χ0n) is 9.29. The largest absolute Gasteiger partial charge is 0.384 e. The lowest BCUT2D eigenvalue weighted by Crippen LogP contribution is -2.24. The molecule has 3 heteroatoms. The Balaban J connectivity index is 2.60. The number of ether oxygens (including phenoxy) is 1. The highest BCUT2D eigenvalue weighted by atomic mass is 79.9. The number of nitrogens with one attached hydrogen (secondary N) is 1. The van der Waals surface area contributed by atoms with Crippen molar-refractivity contribution < 1.29 is 4.74 Å². The van der Waals surface area contributed by atoms with Crippen molar-refractivity contribution in [3.8, 4) is 0 Å². The molecule has 1 rings (SSSR count). The monoisotopic (exact) mass is 271 g/mol. The first-order valence-corrected chi connectivity index (χ1v) is 5.94. The maximum atomic E-state index is 5.21. The summed E-state index contributed by atoms with van der Waals surface area (Å²) in [6.07, 6.45) is 1.04. The molecule has 0 aliphatic carbocycles. The molecule has 1 aromatic carbocycles. The van der Waals surface area contributed by atoms with Gasteiger partial charge in [-0.3, -0.25) is 0 Å². The van der Waals surface area contributed by atoms with Crippen LogP contribution in [0.5, 0.6) is 0 Å². The van der Waals surface area contributed by atoms with Crippen molar-refractivity contribution in [2.24, 2.45) is 5.92 Å². The second-order valence-corrected chi connectivity index (χ2v) is 4.53. The Bertz CT molecular complexity index is 285. The maximum Gasteiger partial charge on any atom is 0.0505 e. The van der Waals surface area contributed by atoms with Crippen molar-refractivity contribution in [3.63, 3.8) is 0 Å². The van der Waals surface area contributed by atoms with Gasteiger partial charge in [0.1, 0.15) is 0 Å². The number of halogens is 1. The minimum absolute atomic E-state index is 0.527. The van der Waals surface area contributed by atoms with Crippen LogP contribution in [0.4, 0.5) is 0 Å². The molecule has 1 aromatic rings. The summed E-state index contributed by atoms with van der Waals surface area (Å²) in [5, 5.41) is 3.20. The molecule has 0 fully saturated rings. The number of methoxy groups -OCH3 is 1. The molecule has 0 spiro atoms. The van der Waals surface area contributed by atoms with Gasteiger partial charge < -0.3 is 10.1 Å². The van der Waals surface area contributed by atoms with Gasteiger partial charge in [-0.1, -0.05) is 34.1 Å². The summed E-state index contributed by atoms with van der Waals surface area (Å²) in [6, 6.07) is 8.35. The van der Waals surface area contributed by atoms with E-state index < -0.39 is 0 Å². The fourth-order valence-electron chi connectivity index (χ4n) is 1.69. The second-order valence-electron chi connectivity index (χ2n) is 3.67. The van der Waals surface area contributed by atoms with E-state index in [0.717, 1.165) is 19.6 Å². The Morgan fingerprint density at radius 1 is 1.40 bits per heavy atom. The van der Waals surface area contributed by atoms with Gasteiger partial charge in [0, 0.05) is 18.1 Å². The van der Waals surface area contributed by atoms with Crippen molar-refractivity contribution in [3.05, 3.63) is 34.3 Å². The second kappa shape index (κ2) is 6.99. The summed E-state index contributed by atoms with van der Waals surface area (Å²) in [5.41, 5.74) is 1.34. The Kier molecular flexibility index (Phi) is 5.91. The normalized spacial score (nSPS) is 12.7. The number of hydrogen-bond donors (Lipinski definition) is 1. The highest BCUT2D eigenvalue weighted by Gasteiger charge is 2.10. The summed E-state index contributed by atoms with van der Waals surface area (Å²) in [4.78, 5) is 0. The minimum Gasteiger partial charge on any atom is -0.384 e. The lowest BCUT2D eigenvalue weighted by molar-refractivity contribution is 0.152. The molecule has 1 unspecified atom stereocenters. The zero-order valence-corrected chi connectivity index (χ0v) is 10.9. The summed E-state index contributed by atoms with van der Waals surface area (Å²) >= 11 is 3.57. The number of benzene rings is 1. The van der Waals surface area contributed by atoms with Crippen LogP contribution in [-0.4, -0.2) is 27.3 Å². The SMILES string of the molecule is CNCC(COC)Cc1ccccc1Br. The van der Waals surface area contributed by atoms with Crippen molar-refractivity contribution in [1.82, 2.24) is 5.32 Å². The van der Waals surface area contributed by atoms with Crippen molar-refractivity contribution in [2.75, 3.05) is 27.3 Å². The van der Waals surface area contributed by atoms with Gasteiger partial charge in [0.05, 0.1) is 6.61 Å². The van der Waals surface area contributed by atoms with Crippen LogP contribution in [0.1, 0.15) is 5.56 Å². The van der Waals surface area contributed by atoms with Gasteiger partial charge in [-0.25, -0.2) is 0 Å². The first-order valence-electron chi connectivity index (χ1n) is 5.15. The molecule has 2 nitrogen and oxygen atoms in total. The van der Waals surface area contributed by atoms with E-state index in [1.54, 1.807) is 7.11 Å². The Labute approximate surface area is 100 Å². The Morgan fingerprint density at radius 2 is 2.13 bits per heavy atom. The van der Waals surface area contributed by atoms with Crippen molar-refractivity contribution in [2.45, 2.75) is 6.42 Å². The van der Waals surface area contributed by atoms with E-state index in [2.05, 4.69) is 39.4 Å². The smallest absolute Gasteiger partial charge is 0.0505 e. The lowest BCUT2D eigenvalue weighted by Gasteiger charge is -2.16. The van der Waals surface area contributed by atoms with Gasteiger partial charge in [-0.15, -0.1) is 0 Å². The molecule has 0 bridgehead atoms. The fourth-order valence-corrected chi connectivity index (χ4v) is 2.14. The van der Waals surface area contributed by atoms with Gasteiger partial charge >= 0.3 is 0 Å². The van der Waals surface area contributed by atoms with Gasteiger partial charge in [0.25, 0.3) is 0 Å². The molecule has 84 valence electrons. The van der Waals surface area contributed by atoms with Gasteiger partial charge in [-0.2, -0.15) is 0 Å². The fraction of sp³-hybridized carbons (Fsp3) is 0.500. The van der Waals surface area contributed by atoms with Crippen LogP contribution in [-0.2, 0) is 11.2 Å². The minimum atomic E-state index is 0.527. The summed E-state index contributed by atoms with van der Waals surface area (Å²) in [6.45, 7) is 1.78. The van der Waals surface area contributed by atoms with Crippen LogP contribution in [0.2, 0.25) is 0 Å². The molecule has 0 saturated heterocycles. The zero-order chi connectivity index (χ0) is 11.1. The molecule has 0 aliphatic heterocycles. The van der Waals surface area contributed by atoms with Crippen LogP contribution in [0.15, 0.2) is 28.7 Å². The van der Waals surface area contributed by atoms with E-state index in [1.165, 1.54) is 10.0 Å². The quantitative estimate of drug-likeness (QED) is 0.859. The highest BCUT2D eigenvalue weighted by molar-refractivity contribution is 9.10. The summed E-state index contributed by atoms with van der Waals surface area (Å²) in [5.74, 6) is 0.527. The van der Waals surface area contributed by atoms with Gasteiger partial charge in [-0.05, 0) is 31.0 Å². The van der Waals surface area contributed by atoms with E-state index in [4.69, 9.17) is 4.74 Å². The van der Waals surface area contributed by atoms with Crippen LogP contribution in [0.3, 0.4) is 0 Å². The van der Waals surface area contributed by atoms with Crippen LogP contribution in [0.25, 0.3) is 0 Å². The van der Waals surface area contributed by atoms with E-state index in [9.17, 15) is 0 Å². The van der Waals surface area contributed by atoms with Crippen LogP contribution < -0.4 is 5.32 Å². The predicted molar refractivity (Wildman–Crippen MR) is 67.1 cm³/mol. The van der Waals surface area contributed by atoms with E-state index >= 15 is 0 Å². The molecular formula is C12H18BrNO. The maximum absolute atomic E-state index is 5.21. The van der Waals surface area contributed by atoms with Gasteiger partial charge in [0.2, 0.25) is 0 Å². The standard InChI is InChI=1S/C12H18BrNO/c1-14-8-10(9-15-2)7-11-5-3-4-6-12(11)13/h3-6,10,14H,7-9H2,1-2H3. The molecule has 15 heavy (non-hydrogen) atoms. The van der Waals surface area contributed by atoms with Gasteiger partial charge in [0.15, 0.2) is 0 Å². The number of rotatable bonds is 6. The number of hydrogen-bond acceptors (Lipinski definition) is 2. The molecule has 0 saturated carbocycles. The average molecular weight is 272 g/mol. The first-order chi connectivity index (χ1) is 7.27.